The smallest absolute Gasteiger partial charge is 0.408 e. The number of carboxylic acids is 1. The predicted molar refractivity (Wildman–Crippen MR) is 70.9 cm³/mol. The molecule has 2 N–H and O–H groups in total. The summed E-state index contributed by atoms with van der Waals surface area (Å²) in [4.78, 5) is 22.3. The van der Waals surface area contributed by atoms with Gasteiger partial charge in [-0.1, -0.05) is 31.2 Å². The normalized spacial score (nSPS) is 10.9. The number of hydrogen-bond acceptors (Lipinski definition) is 3. The summed E-state index contributed by atoms with van der Waals surface area (Å²) in [5.41, 5.74) is 0.726. The van der Waals surface area contributed by atoms with Crippen molar-refractivity contribution in [1.82, 2.24) is 5.32 Å². The van der Waals surface area contributed by atoms with Gasteiger partial charge in [0, 0.05) is 0 Å². The first-order valence-corrected chi connectivity index (χ1v) is 6.11. The fraction of sp³-hybridized carbons (Fsp3) is 0.429. The maximum atomic E-state index is 11.5. The quantitative estimate of drug-likeness (QED) is 0.856. The van der Waals surface area contributed by atoms with Crippen molar-refractivity contribution in [3.8, 4) is 0 Å². The minimum atomic E-state index is -1.34. The molecule has 0 spiro atoms. The van der Waals surface area contributed by atoms with E-state index in [2.05, 4.69) is 12.2 Å². The maximum absolute atomic E-state index is 11.5. The number of benzene rings is 1. The molecule has 0 fully saturated rings. The van der Waals surface area contributed by atoms with E-state index in [1.54, 1.807) is 0 Å². The number of aryl methyl sites for hydroxylation is 1. The standard InChI is InChI=1S/C14H19NO4/c1-4-10-5-7-11(8-6-10)9-19-13(18)15-14(2,3)12(16)17/h5-8H,4,9H2,1-3H3,(H,15,18)(H,16,17). The Morgan fingerprint density at radius 2 is 1.74 bits per heavy atom. The van der Waals surface area contributed by atoms with Crippen LogP contribution in [-0.2, 0) is 22.6 Å². The van der Waals surface area contributed by atoms with E-state index in [9.17, 15) is 9.59 Å². The largest absolute Gasteiger partial charge is 0.480 e. The third-order valence-electron chi connectivity index (χ3n) is 2.75. The highest BCUT2D eigenvalue weighted by molar-refractivity contribution is 5.83. The van der Waals surface area contributed by atoms with Gasteiger partial charge in [0.05, 0.1) is 0 Å². The highest BCUT2D eigenvalue weighted by Crippen LogP contribution is 2.07. The Bertz CT molecular complexity index is 451. The van der Waals surface area contributed by atoms with Crippen LogP contribution in [-0.4, -0.2) is 22.7 Å². The second-order valence-corrected chi connectivity index (χ2v) is 4.80. The van der Waals surface area contributed by atoms with E-state index < -0.39 is 17.6 Å². The fourth-order valence-electron chi connectivity index (χ4n) is 1.36. The first kappa shape index (κ1) is 15.0. The average Bonchev–Trinajstić information content (AvgIpc) is 2.36. The molecule has 0 aromatic heterocycles. The van der Waals surface area contributed by atoms with Gasteiger partial charge in [-0.05, 0) is 31.4 Å². The number of carbonyl (C=O) groups excluding carboxylic acids is 1. The van der Waals surface area contributed by atoms with Crippen LogP contribution in [0.5, 0.6) is 0 Å². The molecule has 0 atom stereocenters. The van der Waals surface area contributed by atoms with Crippen LogP contribution in [0.25, 0.3) is 0 Å². The lowest BCUT2D eigenvalue weighted by molar-refractivity contribution is -0.143. The molecule has 1 aromatic carbocycles. The number of hydrogen-bond donors (Lipinski definition) is 2. The van der Waals surface area contributed by atoms with Crippen molar-refractivity contribution in [2.24, 2.45) is 0 Å². The van der Waals surface area contributed by atoms with E-state index in [-0.39, 0.29) is 6.61 Å². The van der Waals surface area contributed by atoms with Crippen LogP contribution in [0.1, 0.15) is 31.9 Å². The van der Waals surface area contributed by atoms with Crippen molar-refractivity contribution >= 4 is 12.1 Å². The van der Waals surface area contributed by atoms with Crippen LogP contribution in [0, 0.1) is 0 Å². The molecule has 19 heavy (non-hydrogen) atoms. The van der Waals surface area contributed by atoms with Crippen molar-refractivity contribution in [1.29, 1.82) is 0 Å². The molecule has 0 radical (unpaired) electrons. The second kappa shape index (κ2) is 6.22. The third-order valence-corrected chi connectivity index (χ3v) is 2.75. The van der Waals surface area contributed by atoms with Gasteiger partial charge < -0.3 is 15.2 Å². The second-order valence-electron chi connectivity index (χ2n) is 4.80. The zero-order valence-electron chi connectivity index (χ0n) is 11.4. The topological polar surface area (TPSA) is 75.6 Å². The number of nitrogens with one attached hydrogen (secondary N) is 1. The Morgan fingerprint density at radius 3 is 2.21 bits per heavy atom. The van der Waals surface area contributed by atoms with Gasteiger partial charge in [0.25, 0.3) is 0 Å². The van der Waals surface area contributed by atoms with Crippen molar-refractivity contribution in [3.63, 3.8) is 0 Å². The van der Waals surface area contributed by atoms with Crippen molar-refractivity contribution in [2.45, 2.75) is 39.3 Å². The van der Waals surface area contributed by atoms with E-state index in [4.69, 9.17) is 9.84 Å². The number of rotatable bonds is 5. The van der Waals surface area contributed by atoms with E-state index in [0.29, 0.717) is 0 Å². The molecule has 0 saturated carbocycles. The zero-order chi connectivity index (χ0) is 14.5. The van der Waals surface area contributed by atoms with E-state index in [0.717, 1.165) is 12.0 Å². The van der Waals surface area contributed by atoms with Crippen molar-refractivity contribution in [3.05, 3.63) is 35.4 Å². The molecule has 1 amide bonds. The summed E-state index contributed by atoms with van der Waals surface area (Å²) in [5.74, 6) is -1.11. The Balaban J connectivity index is 2.48. The van der Waals surface area contributed by atoms with Gasteiger partial charge in [-0.2, -0.15) is 0 Å². The maximum Gasteiger partial charge on any atom is 0.408 e. The van der Waals surface area contributed by atoms with Crippen molar-refractivity contribution in [2.75, 3.05) is 0 Å². The third kappa shape index (κ3) is 4.62. The molecule has 1 aromatic rings. The summed E-state index contributed by atoms with van der Waals surface area (Å²) in [7, 11) is 0. The molecule has 0 saturated heterocycles. The van der Waals surface area contributed by atoms with Crippen LogP contribution in [0.2, 0.25) is 0 Å². The fourth-order valence-corrected chi connectivity index (χ4v) is 1.36. The predicted octanol–water partition coefficient (Wildman–Crippen LogP) is 2.34. The molecule has 0 unspecified atom stereocenters. The molecule has 1 rings (SSSR count). The lowest BCUT2D eigenvalue weighted by Gasteiger charge is -2.20. The van der Waals surface area contributed by atoms with Gasteiger partial charge in [0.1, 0.15) is 12.1 Å². The molecule has 0 aliphatic heterocycles. The first-order chi connectivity index (χ1) is 8.85. The summed E-state index contributed by atoms with van der Waals surface area (Å²) < 4.78 is 4.97. The monoisotopic (exact) mass is 265 g/mol. The summed E-state index contributed by atoms with van der Waals surface area (Å²) in [6.07, 6.45) is 0.209. The summed E-state index contributed by atoms with van der Waals surface area (Å²) >= 11 is 0. The van der Waals surface area contributed by atoms with E-state index in [1.165, 1.54) is 19.4 Å². The number of aliphatic carboxylic acids is 1. The Hall–Kier alpha value is -2.04. The van der Waals surface area contributed by atoms with Crippen LogP contribution in [0.15, 0.2) is 24.3 Å². The molecule has 5 nitrogen and oxygen atoms in total. The van der Waals surface area contributed by atoms with E-state index >= 15 is 0 Å². The van der Waals surface area contributed by atoms with Crippen LogP contribution < -0.4 is 5.32 Å². The SMILES string of the molecule is CCc1ccc(COC(=O)NC(C)(C)C(=O)O)cc1. The van der Waals surface area contributed by atoms with Crippen LogP contribution >= 0.6 is 0 Å². The number of amides is 1. The molecular formula is C14H19NO4. The molecule has 5 heteroatoms. The van der Waals surface area contributed by atoms with Gasteiger partial charge in [-0.15, -0.1) is 0 Å². The zero-order valence-corrected chi connectivity index (χ0v) is 11.4. The summed E-state index contributed by atoms with van der Waals surface area (Å²) in [6, 6.07) is 7.71. The van der Waals surface area contributed by atoms with Crippen LogP contribution in [0.4, 0.5) is 4.79 Å². The first-order valence-electron chi connectivity index (χ1n) is 6.11. The molecule has 104 valence electrons. The Morgan fingerprint density at radius 1 is 1.21 bits per heavy atom. The molecular weight excluding hydrogens is 246 g/mol. The number of carboxylic acid groups (broad SMARTS) is 1. The Labute approximate surface area is 112 Å². The number of carbonyl (C=O) groups is 2. The Kier molecular flexibility index (Phi) is 4.92. The van der Waals surface area contributed by atoms with Gasteiger partial charge in [0.2, 0.25) is 0 Å². The molecule has 0 aliphatic carbocycles. The van der Waals surface area contributed by atoms with Gasteiger partial charge in [0.15, 0.2) is 0 Å². The average molecular weight is 265 g/mol. The molecule has 0 aliphatic rings. The molecule has 0 bridgehead atoms. The summed E-state index contributed by atoms with van der Waals surface area (Å²) in [5, 5.41) is 11.2. The highest BCUT2D eigenvalue weighted by atomic mass is 16.5. The van der Waals surface area contributed by atoms with Gasteiger partial charge in [-0.25, -0.2) is 9.59 Å². The van der Waals surface area contributed by atoms with Crippen molar-refractivity contribution < 1.29 is 19.4 Å². The minimum Gasteiger partial charge on any atom is -0.480 e. The minimum absolute atomic E-state index is 0.117. The van der Waals surface area contributed by atoms with E-state index in [1.807, 2.05) is 24.3 Å². The van der Waals surface area contributed by atoms with Crippen LogP contribution in [0.3, 0.4) is 0 Å². The highest BCUT2D eigenvalue weighted by Gasteiger charge is 2.29. The lowest BCUT2D eigenvalue weighted by atomic mass is 10.1. The number of ether oxygens (including phenoxy) is 1. The van der Waals surface area contributed by atoms with Gasteiger partial charge in [-0.3, -0.25) is 0 Å². The van der Waals surface area contributed by atoms with Gasteiger partial charge >= 0.3 is 12.1 Å². The molecule has 0 heterocycles. The summed E-state index contributed by atoms with van der Waals surface area (Å²) in [6.45, 7) is 4.97. The number of alkyl carbamates (subject to hydrolysis) is 1. The lowest BCUT2D eigenvalue weighted by Crippen LogP contribution is -2.49.